The van der Waals surface area contributed by atoms with E-state index in [1.165, 1.54) is 0 Å². The van der Waals surface area contributed by atoms with Gasteiger partial charge in [0.25, 0.3) is 0 Å². The van der Waals surface area contributed by atoms with Crippen molar-refractivity contribution in [3.8, 4) is 0 Å². The van der Waals surface area contributed by atoms with E-state index in [2.05, 4.69) is 0 Å². The Bertz CT molecular complexity index is 179. The fraction of sp³-hybridized carbons (Fsp3) is 0.625. The van der Waals surface area contributed by atoms with Crippen LogP contribution in [0.5, 0.6) is 0 Å². The van der Waals surface area contributed by atoms with Crippen molar-refractivity contribution in [2.24, 2.45) is 5.92 Å². The molecule has 0 amide bonds. The number of rotatable bonds is 2. The molecule has 0 aromatic carbocycles. The first kappa shape index (κ1) is 11.3. The predicted molar refractivity (Wildman–Crippen MR) is 47.3 cm³/mol. The quantitative estimate of drug-likeness (QED) is 0.726. The van der Waals surface area contributed by atoms with Gasteiger partial charge in [0.1, 0.15) is 6.10 Å². The fourth-order valence-electron chi connectivity index (χ4n) is 1.08. The summed E-state index contributed by atoms with van der Waals surface area (Å²) in [5.74, 6) is -1.19. The van der Waals surface area contributed by atoms with Crippen molar-refractivity contribution >= 4 is 18.4 Å². The van der Waals surface area contributed by atoms with Crippen LogP contribution in [0.3, 0.4) is 0 Å². The molecule has 1 N–H and O–H groups in total. The number of carboxylic acid groups (broad SMARTS) is 1. The third kappa shape index (κ3) is 2.74. The molecule has 2 atom stereocenters. The highest BCUT2D eigenvalue weighted by atomic mass is 35.5. The topological polar surface area (TPSA) is 46.5 Å². The third-order valence-electron chi connectivity index (χ3n) is 1.91. The maximum absolute atomic E-state index is 10.5. The molecule has 1 aliphatic rings. The van der Waals surface area contributed by atoms with Gasteiger partial charge >= 0.3 is 5.97 Å². The van der Waals surface area contributed by atoms with Gasteiger partial charge in [-0.1, -0.05) is 0 Å². The third-order valence-corrected chi connectivity index (χ3v) is 1.91. The van der Waals surface area contributed by atoms with E-state index < -0.39 is 11.9 Å². The highest BCUT2D eigenvalue weighted by molar-refractivity contribution is 5.85. The normalized spacial score (nSPS) is 23.6. The lowest BCUT2D eigenvalue weighted by atomic mass is 9.99. The molecular weight excluding hydrogens is 180 g/mol. The Morgan fingerprint density at radius 1 is 1.75 bits per heavy atom. The van der Waals surface area contributed by atoms with Crippen molar-refractivity contribution in [2.75, 3.05) is 0 Å². The van der Waals surface area contributed by atoms with Crippen LogP contribution in [0.4, 0.5) is 0 Å². The molecule has 2 unspecified atom stereocenters. The van der Waals surface area contributed by atoms with E-state index in [0.717, 1.165) is 12.8 Å². The first-order valence-electron chi connectivity index (χ1n) is 3.75. The summed E-state index contributed by atoms with van der Waals surface area (Å²) in [6.45, 7) is 1.67. The molecule has 1 aliphatic heterocycles. The second-order valence-corrected chi connectivity index (χ2v) is 2.75. The lowest BCUT2D eigenvalue weighted by Gasteiger charge is -2.22. The van der Waals surface area contributed by atoms with Crippen molar-refractivity contribution < 1.29 is 14.6 Å². The van der Waals surface area contributed by atoms with Gasteiger partial charge in [-0.15, -0.1) is 12.4 Å². The van der Waals surface area contributed by atoms with Crippen LogP contribution in [0.25, 0.3) is 0 Å². The van der Waals surface area contributed by atoms with Crippen LogP contribution < -0.4 is 0 Å². The van der Waals surface area contributed by atoms with Crippen LogP contribution in [0.15, 0.2) is 12.3 Å². The van der Waals surface area contributed by atoms with Gasteiger partial charge < -0.3 is 9.84 Å². The minimum atomic E-state index is -0.787. The molecule has 0 saturated heterocycles. The summed E-state index contributed by atoms with van der Waals surface area (Å²) in [5, 5.41) is 8.63. The van der Waals surface area contributed by atoms with Crippen LogP contribution in [0, 0.1) is 5.92 Å². The molecule has 0 aliphatic carbocycles. The second-order valence-electron chi connectivity index (χ2n) is 2.75. The second kappa shape index (κ2) is 5.04. The molecule has 12 heavy (non-hydrogen) atoms. The first-order chi connectivity index (χ1) is 5.22. The molecule has 0 fully saturated rings. The van der Waals surface area contributed by atoms with Crippen molar-refractivity contribution in [3.63, 3.8) is 0 Å². The lowest BCUT2D eigenvalue weighted by molar-refractivity contribution is -0.145. The highest BCUT2D eigenvalue weighted by Gasteiger charge is 2.24. The Hall–Kier alpha value is -0.700. The molecule has 0 spiro atoms. The van der Waals surface area contributed by atoms with Gasteiger partial charge in [-0.05, 0) is 25.8 Å². The van der Waals surface area contributed by atoms with Crippen LogP contribution in [-0.4, -0.2) is 17.2 Å². The molecule has 70 valence electrons. The van der Waals surface area contributed by atoms with Crippen molar-refractivity contribution in [1.82, 2.24) is 0 Å². The van der Waals surface area contributed by atoms with Crippen molar-refractivity contribution in [2.45, 2.75) is 25.9 Å². The summed E-state index contributed by atoms with van der Waals surface area (Å²) in [6.07, 6.45) is 5.09. The lowest BCUT2D eigenvalue weighted by Crippen LogP contribution is -2.27. The molecular formula is C8H13ClO3. The van der Waals surface area contributed by atoms with Crippen LogP contribution in [0.2, 0.25) is 0 Å². The average molecular weight is 193 g/mol. The van der Waals surface area contributed by atoms with Gasteiger partial charge in [0.15, 0.2) is 0 Å². The zero-order valence-electron chi connectivity index (χ0n) is 6.90. The smallest absolute Gasteiger partial charge is 0.309 e. The number of hydrogen-bond acceptors (Lipinski definition) is 2. The van der Waals surface area contributed by atoms with E-state index in [0.29, 0.717) is 0 Å². The SMILES string of the molecule is CC(C(=O)O)C1CCC=CO1.Cl. The highest BCUT2D eigenvalue weighted by Crippen LogP contribution is 2.18. The fourth-order valence-corrected chi connectivity index (χ4v) is 1.08. The number of halogens is 1. The Kier molecular flexibility index (Phi) is 4.74. The Morgan fingerprint density at radius 2 is 2.42 bits per heavy atom. The maximum Gasteiger partial charge on any atom is 0.309 e. The molecule has 0 bridgehead atoms. The predicted octanol–water partition coefficient (Wildman–Crippen LogP) is 1.82. The van der Waals surface area contributed by atoms with Gasteiger partial charge in [-0.2, -0.15) is 0 Å². The van der Waals surface area contributed by atoms with E-state index in [9.17, 15) is 4.79 Å². The largest absolute Gasteiger partial charge is 0.497 e. The molecule has 1 heterocycles. The molecule has 0 aromatic heterocycles. The molecule has 4 heteroatoms. The van der Waals surface area contributed by atoms with Crippen LogP contribution in [0.1, 0.15) is 19.8 Å². The summed E-state index contributed by atoms with van der Waals surface area (Å²) < 4.78 is 5.14. The number of carboxylic acids is 1. The van der Waals surface area contributed by atoms with E-state index in [1.807, 2.05) is 6.08 Å². The number of ether oxygens (including phenoxy) is 1. The summed E-state index contributed by atoms with van der Waals surface area (Å²) in [7, 11) is 0. The number of hydrogen-bond donors (Lipinski definition) is 1. The van der Waals surface area contributed by atoms with E-state index in [-0.39, 0.29) is 18.5 Å². The van der Waals surface area contributed by atoms with Gasteiger partial charge in [-0.3, -0.25) is 4.79 Å². The average Bonchev–Trinajstić information content (AvgIpc) is 2.05. The zero-order valence-corrected chi connectivity index (χ0v) is 7.71. The number of carbonyl (C=O) groups is 1. The Balaban J connectivity index is 0.00000121. The molecule has 3 nitrogen and oxygen atoms in total. The van der Waals surface area contributed by atoms with Crippen molar-refractivity contribution in [1.29, 1.82) is 0 Å². The summed E-state index contributed by atoms with van der Waals surface area (Å²) in [5.41, 5.74) is 0. The monoisotopic (exact) mass is 192 g/mol. The first-order valence-corrected chi connectivity index (χ1v) is 3.75. The van der Waals surface area contributed by atoms with E-state index in [1.54, 1.807) is 13.2 Å². The van der Waals surface area contributed by atoms with Gasteiger partial charge in [0.05, 0.1) is 12.2 Å². The number of allylic oxidation sites excluding steroid dienone is 1. The molecule has 0 aromatic rings. The standard InChI is InChI=1S/C8H12O3.ClH/c1-6(8(9)10)7-4-2-3-5-11-7;/h3,5-7H,2,4H2,1H3,(H,9,10);1H. The summed E-state index contributed by atoms with van der Waals surface area (Å²) in [6, 6.07) is 0. The zero-order chi connectivity index (χ0) is 8.27. The minimum Gasteiger partial charge on any atom is -0.497 e. The van der Waals surface area contributed by atoms with E-state index >= 15 is 0 Å². The Morgan fingerprint density at radius 3 is 2.83 bits per heavy atom. The van der Waals surface area contributed by atoms with Gasteiger partial charge in [-0.25, -0.2) is 0 Å². The van der Waals surface area contributed by atoms with Crippen LogP contribution >= 0.6 is 12.4 Å². The minimum absolute atomic E-state index is 0. The maximum atomic E-state index is 10.5. The Labute approximate surface area is 77.8 Å². The summed E-state index contributed by atoms with van der Waals surface area (Å²) in [4.78, 5) is 10.5. The molecule has 0 radical (unpaired) electrons. The summed E-state index contributed by atoms with van der Waals surface area (Å²) >= 11 is 0. The number of aliphatic carboxylic acids is 1. The molecule has 1 rings (SSSR count). The van der Waals surface area contributed by atoms with Crippen LogP contribution in [-0.2, 0) is 9.53 Å². The van der Waals surface area contributed by atoms with Gasteiger partial charge in [0, 0.05) is 0 Å². The molecule has 0 saturated carbocycles. The van der Waals surface area contributed by atoms with Crippen molar-refractivity contribution in [3.05, 3.63) is 12.3 Å². The van der Waals surface area contributed by atoms with E-state index in [4.69, 9.17) is 9.84 Å². The van der Waals surface area contributed by atoms with Gasteiger partial charge in [0.2, 0.25) is 0 Å².